The predicted octanol–water partition coefficient (Wildman–Crippen LogP) is 3.92. The highest BCUT2D eigenvalue weighted by Gasteiger charge is 2.33. The Balaban J connectivity index is 1.59. The SMILES string of the molecule is CCc1nc2ccc(C(=O)N(Cc3ccc(C(=O)NC)cc3)C3CC3)cc2nc1CC. The van der Waals surface area contributed by atoms with E-state index in [1.54, 1.807) is 19.2 Å². The highest BCUT2D eigenvalue weighted by atomic mass is 16.2. The molecule has 1 heterocycles. The first-order valence-corrected chi connectivity index (χ1v) is 11.0. The average Bonchev–Trinajstić information content (AvgIpc) is 3.66. The van der Waals surface area contributed by atoms with E-state index in [-0.39, 0.29) is 17.9 Å². The van der Waals surface area contributed by atoms with E-state index in [2.05, 4.69) is 19.2 Å². The lowest BCUT2D eigenvalue weighted by molar-refractivity contribution is 0.0729. The first-order valence-electron chi connectivity index (χ1n) is 11.0. The molecular formula is C25H28N4O2. The molecule has 31 heavy (non-hydrogen) atoms. The monoisotopic (exact) mass is 416 g/mol. The summed E-state index contributed by atoms with van der Waals surface area (Å²) in [6, 6.07) is 13.3. The molecule has 1 fully saturated rings. The van der Waals surface area contributed by atoms with Gasteiger partial charge in [0.05, 0.1) is 22.4 Å². The number of hydrogen-bond donors (Lipinski definition) is 1. The fraction of sp³-hybridized carbons (Fsp3) is 0.360. The highest BCUT2D eigenvalue weighted by Crippen LogP contribution is 2.30. The first kappa shape index (κ1) is 21.0. The minimum absolute atomic E-state index is 0.0131. The van der Waals surface area contributed by atoms with Crippen LogP contribution in [0.15, 0.2) is 42.5 Å². The zero-order valence-corrected chi connectivity index (χ0v) is 18.3. The summed E-state index contributed by atoms with van der Waals surface area (Å²) in [7, 11) is 1.62. The fourth-order valence-electron chi connectivity index (χ4n) is 3.85. The Morgan fingerprint density at radius 1 is 0.935 bits per heavy atom. The van der Waals surface area contributed by atoms with Crippen LogP contribution in [0.1, 0.15) is 64.4 Å². The lowest BCUT2D eigenvalue weighted by atomic mass is 10.1. The molecule has 1 saturated carbocycles. The van der Waals surface area contributed by atoms with Gasteiger partial charge >= 0.3 is 0 Å². The Labute approximate surface area is 182 Å². The summed E-state index contributed by atoms with van der Waals surface area (Å²) in [6.45, 7) is 4.69. The molecule has 160 valence electrons. The van der Waals surface area contributed by atoms with Gasteiger partial charge in [0.25, 0.3) is 11.8 Å². The largest absolute Gasteiger partial charge is 0.355 e. The smallest absolute Gasteiger partial charge is 0.254 e. The number of nitrogens with one attached hydrogen (secondary N) is 1. The number of fused-ring (bicyclic) bond motifs is 1. The molecule has 1 aliphatic rings. The molecule has 6 heteroatoms. The number of benzene rings is 2. The van der Waals surface area contributed by atoms with Crippen molar-refractivity contribution in [3.05, 3.63) is 70.5 Å². The number of carbonyl (C=O) groups excluding carboxylic acids is 2. The molecule has 0 aliphatic heterocycles. The second-order valence-corrected chi connectivity index (χ2v) is 7.97. The number of carbonyl (C=O) groups is 2. The molecule has 1 aliphatic carbocycles. The minimum Gasteiger partial charge on any atom is -0.355 e. The molecule has 1 aromatic heterocycles. The Bertz CT molecular complexity index is 1120. The van der Waals surface area contributed by atoms with Gasteiger partial charge in [-0.2, -0.15) is 0 Å². The van der Waals surface area contributed by atoms with Gasteiger partial charge in [0.15, 0.2) is 0 Å². The molecule has 2 aromatic carbocycles. The van der Waals surface area contributed by atoms with Gasteiger partial charge in [0.1, 0.15) is 0 Å². The summed E-state index contributed by atoms with van der Waals surface area (Å²) in [6.07, 6.45) is 3.72. The van der Waals surface area contributed by atoms with Crippen molar-refractivity contribution in [2.75, 3.05) is 7.05 Å². The maximum Gasteiger partial charge on any atom is 0.254 e. The van der Waals surface area contributed by atoms with Crippen LogP contribution in [0.25, 0.3) is 11.0 Å². The van der Waals surface area contributed by atoms with E-state index in [1.807, 2.05) is 35.2 Å². The van der Waals surface area contributed by atoms with E-state index >= 15 is 0 Å². The standard InChI is InChI=1S/C25H28N4O2/c1-4-20-21(5-2)28-23-14-18(10-13-22(23)27-20)25(31)29(19-11-12-19)15-16-6-8-17(9-7-16)24(30)26-3/h6-10,13-14,19H,4-5,11-12,15H2,1-3H3,(H,26,30). The van der Waals surface area contributed by atoms with Crippen molar-refractivity contribution in [1.82, 2.24) is 20.2 Å². The van der Waals surface area contributed by atoms with Crippen LogP contribution in [-0.2, 0) is 19.4 Å². The maximum atomic E-state index is 13.4. The molecule has 0 bridgehead atoms. The van der Waals surface area contributed by atoms with Gasteiger partial charge in [-0.05, 0) is 61.6 Å². The quantitative estimate of drug-likeness (QED) is 0.633. The number of aryl methyl sites for hydroxylation is 2. The molecule has 0 saturated heterocycles. The Morgan fingerprint density at radius 3 is 2.13 bits per heavy atom. The minimum atomic E-state index is -0.114. The van der Waals surface area contributed by atoms with Crippen LogP contribution >= 0.6 is 0 Å². The zero-order valence-electron chi connectivity index (χ0n) is 18.3. The molecule has 6 nitrogen and oxygen atoms in total. The first-order chi connectivity index (χ1) is 15.0. The molecule has 0 radical (unpaired) electrons. The van der Waals surface area contributed by atoms with Gasteiger partial charge in [-0.25, -0.2) is 9.97 Å². The van der Waals surface area contributed by atoms with Crippen molar-refractivity contribution in [3.8, 4) is 0 Å². The number of aromatic nitrogens is 2. The molecule has 2 amide bonds. The summed E-state index contributed by atoms with van der Waals surface area (Å²) in [5, 5.41) is 2.62. The molecular weight excluding hydrogens is 388 g/mol. The van der Waals surface area contributed by atoms with Gasteiger partial charge < -0.3 is 10.2 Å². The van der Waals surface area contributed by atoms with Crippen molar-refractivity contribution in [1.29, 1.82) is 0 Å². The Morgan fingerprint density at radius 2 is 1.55 bits per heavy atom. The molecule has 0 unspecified atom stereocenters. The summed E-state index contributed by atoms with van der Waals surface area (Å²) >= 11 is 0. The van der Waals surface area contributed by atoms with Gasteiger partial charge in [-0.1, -0.05) is 26.0 Å². The average molecular weight is 417 g/mol. The third kappa shape index (κ3) is 4.43. The molecule has 4 rings (SSSR count). The normalized spacial score (nSPS) is 13.3. The van der Waals surface area contributed by atoms with Crippen LogP contribution in [0, 0.1) is 0 Å². The molecule has 0 atom stereocenters. The van der Waals surface area contributed by atoms with E-state index in [9.17, 15) is 9.59 Å². The molecule has 0 spiro atoms. The number of nitrogens with zero attached hydrogens (tertiary/aromatic N) is 3. The van der Waals surface area contributed by atoms with Crippen LogP contribution in [-0.4, -0.2) is 39.8 Å². The third-order valence-electron chi connectivity index (χ3n) is 5.78. The van der Waals surface area contributed by atoms with Crippen molar-refractivity contribution in [3.63, 3.8) is 0 Å². The van der Waals surface area contributed by atoms with E-state index in [0.29, 0.717) is 17.7 Å². The Hall–Kier alpha value is -3.28. The van der Waals surface area contributed by atoms with E-state index in [0.717, 1.165) is 53.7 Å². The molecule has 1 N–H and O–H groups in total. The predicted molar refractivity (Wildman–Crippen MR) is 121 cm³/mol. The van der Waals surface area contributed by atoms with Crippen LogP contribution in [0.4, 0.5) is 0 Å². The number of amides is 2. The second kappa shape index (κ2) is 8.84. The molecule has 3 aromatic rings. The third-order valence-corrected chi connectivity index (χ3v) is 5.78. The highest BCUT2D eigenvalue weighted by molar-refractivity contribution is 5.97. The van der Waals surface area contributed by atoms with Gasteiger partial charge in [-0.3, -0.25) is 9.59 Å². The summed E-state index contributed by atoms with van der Waals surface area (Å²) in [5.41, 5.74) is 5.88. The summed E-state index contributed by atoms with van der Waals surface area (Å²) in [4.78, 5) is 36.6. The summed E-state index contributed by atoms with van der Waals surface area (Å²) < 4.78 is 0. The van der Waals surface area contributed by atoms with Gasteiger partial charge in [-0.15, -0.1) is 0 Å². The second-order valence-electron chi connectivity index (χ2n) is 7.97. The number of rotatable bonds is 7. The van der Waals surface area contributed by atoms with Gasteiger partial charge in [0, 0.05) is 30.8 Å². The van der Waals surface area contributed by atoms with E-state index < -0.39 is 0 Å². The van der Waals surface area contributed by atoms with Crippen molar-refractivity contribution >= 4 is 22.8 Å². The van der Waals surface area contributed by atoms with Crippen LogP contribution in [0.2, 0.25) is 0 Å². The lowest BCUT2D eigenvalue weighted by Gasteiger charge is -2.23. The zero-order chi connectivity index (χ0) is 22.0. The topological polar surface area (TPSA) is 75.2 Å². The van der Waals surface area contributed by atoms with Gasteiger partial charge in [0.2, 0.25) is 0 Å². The summed E-state index contributed by atoms with van der Waals surface area (Å²) in [5.74, 6) is -0.101. The van der Waals surface area contributed by atoms with E-state index in [1.165, 1.54) is 0 Å². The number of hydrogen-bond acceptors (Lipinski definition) is 4. The maximum absolute atomic E-state index is 13.4. The van der Waals surface area contributed by atoms with E-state index in [4.69, 9.17) is 9.97 Å². The Kier molecular flexibility index (Phi) is 5.98. The fourth-order valence-corrected chi connectivity index (χ4v) is 3.85. The van der Waals surface area contributed by atoms with Crippen molar-refractivity contribution < 1.29 is 9.59 Å². The van der Waals surface area contributed by atoms with Crippen molar-refractivity contribution in [2.24, 2.45) is 0 Å². The lowest BCUT2D eigenvalue weighted by Crippen LogP contribution is -2.32. The van der Waals surface area contributed by atoms with Crippen LogP contribution < -0.4 is 5.32 Å². The van der Waals surface area contributed by atoms with Crippen LogP contribution in [0.3, 0.4) is 0 Å². The van der Waals surface area contributed by atoms with Crippen molar-refractivity contribution in [2.45, 2.75) is 52.1 Å². The van der Waals surface area contributed by atoms with Crippen LogP contribution in [0.5, 0.6) is 0 Å².